The summed E-state index contributed by atoms with van der Waals surface area (Å²) < 4.78 is 1.87. The monoisotopic (exact) mass is 343 g/mol. The van der Waals surface area contributed by atoms with Crippen molar-refractivity contribution in [2.75, 3.05) is 6.54 Å². The maximum atomic E-state index is 12.9. The van der Waals surface area contributed by atoms with Crippen LogP contribution in [0.4, 0.5) is 0 Å². The molecule has 134 valence electrons. The van der Waals surface area contributed by atoms with Crippen molar-refractivity contribution in [2.24, 2.45) is 0 Å². The first-order valence-electron chi connectivity index (χ1n) is 8.57. The summed E-state index contributed by atoms with van der Waals surface area (Å²) >= 11 is 0. The van der Waals surface area contributed by atoms with E-state index in [0.29, 0.717) is 5.56 Å². The van der Waals surface area contributed by atoms with Gasteiger partial charge in [0.1, 0.15) is 6.54 Å². The largest absolute Gasteiger partial charge is 0.480 e. The minimum Gasteiger partial charge on any atom is -0.480 e. The molecule has 2 aromatic rings. The summed E-state index contributed by atoms with van der Waals surface area (Å²) in [6.45, 7) is 5.94. The van der Waals surface area contributed by atoms with Crippen LogP contribution in [0.15, 0.2) is 36.5 Å². The van der Waals surface area contributed by atoms with Crippen LogP contribution in [-0.4, -0.2) is 38.2 Å². The highest BCUT2D eigenvalue weighted by Crippen LogP contribution is 2.21. The lowest BCUT2D eigenvalue weighted by Gasteiger charge is -2.21. The van der Waals surface area contributed by atoms with Crippen LogP contribution in [0.2, 0.25) is 0 Å². The van der Waals surface area contributed by atoms with E-state index in [0.717, 1.165) is 24.1 Å². The smallest absolute Gasteiger partial charge is 0.323 e. The van der Waals surface area contributed by atoms with Gasteiger partial charge in [-0.05, 0) is 25.3 Å². The zero-order valence-electron chi connectivity index (χ0n) is 15.0. The van der Waals surface area contributed by atoms with Crippen molar-refractivity contribution in [2.45, 2.75) is 46.2 Å². The van der Waals surface area contributed by atoms with E-state index in [1.807, 2.05) is 41.9 Å². The zero-order valence-corrected chi connectivity index (χ0v) is 15.0. The molecule has 6 nitrogen and oxygen atoms in total. The van der Waals surface area contributed by atoms with E-state index in [-0.39, 0.29) is 25.0 Å². The number of nitrogens with zero attached hydrogens (tertiary/aromatic N) is 3. The Morgan fingerprint density at radius 1 is 1.20 bits per heavy atom. The Labute approximate surface area is 148 Å². The number of amides is 1. The fraction of sp³-hybridized carbons (Fsp3) is 0.421. The molecule has 1 N–H and O–H groups in total. The number of rotatable bonds is 8. The number of carboxylic acids is 1. The van der Waals surface area contributed by atoms with E-state index in [2.05, 4.69) is 18.9 Å². The van der Waals surface area contributed by atoms with Crippen molar-refractivity contribution in [3.05, 3.63) is 53.3 Å². The van der Waals surface area contributed by atoms with Crippen molar-refractivity contribution in [1.82, 2.24) is 14.7 Å². The van der Waals surface area contributed by atoms with Gasteiger partial charge in [0, 0.05) is 12.2 Å². The average molecular weight is 343 g/mol. The van der Waals surface area contributed by atoms with Crippen LogP contribution in [0.3, 0.4) is 0 Å². The first-order chi connectivity index (χ1) is 12.0. The summed E-state index contributed by atoms with van der Waals surface area (Å²) in [6.07, 6.45) is 3.40. The van der Waals surface area contributed by atoms with Gasteiger partial charge in [0.25, 0.3) is 5.91 Å². The van der Waals surface area contributed by atoms with E-state index in [1.54, 1.807) is 6.20 Å². The fourth-order valence-electron chi connectivity index (χ4n) is 2.97. The van der Waals surface area contributed by atoms with Gasteiger partial charge in [0.15, 0.2) is 0 Å². The second kappa shape index (κ2) is 8.46. The molecule has 0 aliphatic heterocycles. The van der Waals surface area contributed by atoms with Crippen LogP contribution in [0.25, 0.3) is 0 Å². The molecule has 1 amide bonds. The van der Waals surface area contributed by atoms with Crippen molar-refractivity contribution in [3.8, 4) is 0 Å². The second-order valence-electron chi connectivity index (χ2n) is 6.10. The van der Waals surface area contributed by atoms with E-state index in [4.69, 9.17) is 0 Å². The molecule has 0 fully saturated rings. The zero-order chi connectivity index (χ0) is 18.4. The lowest BCUT2D eigenvalue weighted by Crippen LogP contribution is -2.35. The maximum absolute atomic E-state index is 12.9. The minimum absolute atomic E-state index is 0.239. The van der Waals surface area contributed by atoms with Gasteiger partial charge in [-0.2, -0.15) is 5.10 Å². The lowest BCUT2D eigenvalue weighted by atomic mass is 10.1. The summed E-state index contributed by atoms with van der Waals surface area (Å²) in [6, 6.07) is 9.62. The molecule has 0 atom stereocenters. The molecule has 2 rings (SSSR count). The predicted molar refractivity (Wildman–Crippen MR) is 95.4 cm³/mol. The van der Waals surface area contributed by atoms with Gasteiger partial charge in [0.2, 0.25) is 0 Å². The number of hydrogen-bond acceptors (Lipinski definition) is 3. The van der Waals surface area contributed by atoms with Gasteiger partial charge in [-0.15, -0.1) is 0 Å². The summed E-state index contributed by atoms with van der Waals surface area (Å²) in [5.74, 6) is -1.34. The van der Waals surface area contributed by atoms with Crippen molar-refractivity contribution < 1.29 is 14.7 Å². The number of hydrogen-bond donors (Lipinski definition) is 1. The van der Waals surface area contributed by atoms with Crippen LogP contribution in [0.1, 0.15) is 54.3 Å². The molecule has 1 heterocycles. The van der Waals surface area contributed by atoms with Crippen LogP contribution < -0.4 is 0 Å². The summed E-state index contributed by atoms with van der Waals surface area (Å²) in [4.78, 5) is 25.5. The molecule has 25 heavy (non-hydrogen) atoms. The summed E-state index contributed by atoms with van der Waals surface area (Å²) in [5, 5.41) is 13.6. The molecule has 0 saturated carbocycles. The quantitative estimate of drug-likeness (QED) is 0.798. The van der Waals surface area contributed by atoms with Gasteiger partial charge in [-0.25, -0.2) is 0 Å². The number of benzene rings is 1. The molecule has 0 bridgehead atoms. The van der Waals surface area contributed by atoms with Crippen LogP contribution >= 0.6 is 0 Å². The minimum atomic E-state index is -1.03. The lowest BCUT2D eigenvalue weighted by molar-refractivity contribution is -0.137. The number of aliphatic carboxylic acids is 1. The van der Waals surface area contributed by atoms with Crippen LogP contribution in [-0.2, 0) is 11.3 Å². The van der Waals surface area contributed by atoms with Gasteiger partial charge < -0.3 is 10.0 Å². The third kappa shape index (κ3) is 4.47. The molecule has 0 aliphatic rings. The van der Waals surface area contributed by atoms with Crippen molar-refractivity contribution in [3.63, 3.8) is 0 Å². The highest BCUT2D eigenvalue weighted by molar-refractivity contribution is 5.96. The first kappa shape index (κ1) is 18.7. The van der Waals surface area contributed by atoms with Crippen molar-refractivity contribution >= 4 is 11.9 Å². The normalized spacial score (nSPS) is 10.9. The Balaban J connectivity index is 2.28. The molecule has 1 aromatic heterocycles. The van der Waals surface area contributed by atoms with E-state index in [1.165, 1.54) is 4.90 Å². The predicted octanol–water partition coefficient (Wildman–Crippen LogP) is 3.28. The number of aromatic nitrogens is 2. The molecule has 0 saturated heterocycles. The van der Waals surface area contributed by atoms with Gasteiger partial charge in [0.05, 0.1) is 17.8 Å². The molecule has 0 radical (unpaired) electrons. The molecular weight excluding hydrogens is 318 g/mol. The Morgan fingerprint density at radius 3 is 2.40 bits per heavy atom. The molecule has 1 aromatic carbocycles. The Morgan fingerprint density at radius 2 is 1.84 bits per heavy atom. The van der Waals surface area contributed by atoms with E-state index in [9.17, 15) is 14.7 Å². The second-order valence-corrected chi connectivity index (χ2v) is 6.10. The average Bonchev–Trinajstić information content (AvgIpc) is 2.97. The third-order valence-corrected chi connectivity index (χ3v) is 4.39. The van der Waals surface area contributed by atoms with Crippen molar-refractivity contribution in [1.29, 1.82) is 0 Å². The third-order valence-electron chi connectivity index (χ3n) is 4.39. The highest BCUT2D eigenvalue weighted by Gasteiger charge is 2.24. The summed E-state index contributed by atoms with van der Waals surface area (Å²) in [5.41, 5.74) is 2.13. The van der Waals surface area contributed by atoms with E-state index < -0.39 is 5.97 Å². The van der Waals surface area contributed by atoms with Crippen LogP contribution in [0, 0.1) is 6.92 Å². The Hall–Kier alpha value is -2.63. The number of carboxylic acid groups (broad SMARTS) is 1. The molecule has 6 heteroatoms. The number of carbonyl (C=O) groups excluding carboxylic acids is 1. The van der Waals surface area contributed by atoms with Gasteiger partial charge in [-0.1, -0.05) is 44.2 Å². The highest BCUT2D eigenvalue weighted by atomic mass is 16.4. The maximum Gasteiger partial charge on any atom is 0.323 e. The first-order valence-corrected chi connectivity index (χ1v) is 8.57. The van der Waals surface area contributed by atoms with Gasteiger partial charge >= 0.3 is 5.97 Å². The van der Waals surface area contributed by atoms with Gasteiger partial charge in [-0.3, -0.25) is 14.3 Å². The molecule has 0 unspecified atom stereocenters. The molecule has 0 spiro atoms. The Kier molecular flexibility index (Phi) is 6.33. The summed E-state index contributed by atoms with van der Waals surface area (Å²) in [7, 11) is 0. The SMILES string of the molecule is CCC(CC)n1ncc(C(=O)N(CC(=O)O)Cc2ccccc2)c1C. The molecule has 0 aliphatic carbocycles. The Bertz CT molecular complexity index is 721. The molecular formula is C19H25N3O3. The topological polar surface area (TPSA) is 75.4 Å². The number of carbonyl (C=O) groups is 2. The van der Waals surface area contributed by atoms with Crippen LogP contribution in [0.5, 0.6) is 0 Å². The fourth-order valence-corrected chi connectivity index (χ4v) is 2.97. The standard InChI is InChI=1S/C19H25N3O3/c1-4-16(5-2)22-14(3)17(11-20-22)19(25)21(13-18(23)24)12-15-9-7-6-8-10-15/h6-11,16H,4-5,12-13H2,1-3H3,(H,23,24). The van der Waals surface area contributed by atoms with E-state index >= 15 is 0 Å².